The topological polar surface area (TPSA) is 62.2 Å². The van der Waals surface area contributed by atoms with Gasteiger partial charge in [-0.1, -0.05) is 31.4 Å². The summed E-state index contributed by atoms with van der Waals surface area (Å²) < 4.78 is 13.5. The molecule has 1 atom stereocenters. The Balaban J connectivity index is 1.61. The molecule has 4 rings (SSSR count). The van der Waals surface area contributed by atoms with E-state index in [9.17, 15) is 10.2 Å². The Kier molecular flexibility index (Phi) is 7.33. The van der Waals surface area contributed by atoms with Crippen LogP contribution in [0.3, 0.4) is 0 Å². The Morgan fingerprint density at radius 1 is 1.22 bits per heavy atom. The zero-order chi connectivity index (χ0) is 22.8. The standard InChI is InChI=1S/C24H29B2NO4S/c1-3-15-4-5-19-17(10-15)14(2)11-27(19)32-24-20(25)18(12-28)23(22(29)21(24)26)31-13-16-6-8-30-9-7-16/h4-5,10,14,16,28-29H,3,6-9,11-13H2,1-2H3. The Morgan fingerprint density at radius 3 is 2.66 bits per heavy atom. The molecular formula is C24H29B2NO4S. The number of aliphatic hydroxyl groups is 1. The first-order valence-corrected chi connectivity index (χ1v) is 12.0. The van der Waals surface area contributed by atoms with Gasteiger partial charge in [0.1, 0.15) is 15.7 Å². The van der Waals surface area contributed by atoms with Crippen LogP contribution in [-0.2, 0) is 17.8 Å². The van der Waals surface area contributed by atoms with Crippen molar-refractivity contribution in [2.45, 2.75) is 50.5 Å². The number of ether oxygens (including phenoxy) is 2. The molecule has 0 bridgehead atoms. The third-order valence-corrected chi connectivity index (χ3v) is 7.65. The Bertz CT molecular complexity index is 981. The first-order valence-electron chi connectivity index (χ1n) is 11.3. The molecule has 2 aromatic rings. The number of phenolic OH excluding ortho intramolecular Hbond substituents is 1. The van der Waals surface area contributed by atoms with E-state index in [-0.39, 0.29) is 23.6 Å². The molecule has 5 nitrogen and oxygen atoms in total. The van der Waals surface area contributed by atoms with E-state index in [1.807, 2.05) is 0 Å². The first kappa shape index (κ1) is 23.4. The van der Waals surface area contributed by atoms with Gasteiger partial charge < -0.3 is 24.0 Å². The molecule has 0 spiro atoms. The SMILES string of the molecule is [B]c1c(O)c(OCC2CCOCC2)c(CO)c([B])c1SN1CC(C)c2cc(CC)ccc21. The fraction of sp³-hybridized carbons (Fsp3) is 0.500. The van der Waals surface area contributed by atoms with Crippen LogP contribution in [0.5, 0.6) is 11.5 Å². The van der Waals surface area contributed by atoms with E-state index < -0.39 is 0 Å². The van der Waals surface area contributed by atoms with E-state index in [2.05, 4.69) is 36.4 Å². The Labute approximate surface area is 197 Å². The number of benzene rings is 2. The summed E-state index contributed by atoms with van der Waals surface area (Å²) in [6.07, 6.45) is 2.80. The lowest BCUT2D eigenvalue weighted by Crippen LogP contribution is -2.29. The average Bonchev–Trinajstić information content (AvgIpc) is 3.13. The van der Waals surface area contributed by atoms with Crippen LogP contribution in [0.15, 0.2) is 23.1 Å². The summed E-state index contributed by atoms with van der Waals surface area (Å²) in [5.74, 6) is 0.731. The van der Waals surface area contributed by atoms with Crippen molar-refractivity contribution in [3.63, 3.8) is 0 Å². The quantitative estimate of drug-likeness (QED) is 0.501. The third-order valence-electron chi connectivity index (χ3n) is 6.46. The highest BCUT2D eigenvalue weighted by molar-refractivity contribution is 8.01. The molecule has 1 saturated heterocycles. The van der Waals surface area contributed by atoms with Crippen molar-refractivity contribution in [1.82, 2.24) is 0 Å². The van der Waals surface area contributed by atoms with E-state index >= 15 is 0 Å². The highest BCUT2D eigenvalue weighted by Crippen LogP contribution is 2.43. The highest BCUT2D eigenvalue weighted by atomic mass is 32.2. The van der Waals surface area contributed by atoms with Crippen molar-refractivity contribution in [2.75, 3.05) is 30.7 Å². The Hall–Kier alpha value is -1.76. The lowest BCUT2D eigenvalue weighted by molar-refractivity contribution is 0.0490. The Morgan fingerprint density at radius 2 is 1.97 bits per heavy atom. The van der Waals surface area contributed by atoms with E-state index in [0.29, 0.717) is 47.6 Å². The van der Waals surface area contributed by atoms with Gasteiger partial charge in [-0.15, -0.1) is 0 Å². The zero-order valence-electron chi connectivity index (χ0n) is 18.8. The largest absolute Gasteiger partial charge is 0.505 e. The van der Waals surface area contributed by atoms with Gasteiger partial charge in [-0.2, -0.15) is 0 Å². The van der Waals surface area contributed by atoms with E-state index in [1.165, 1.54) is 23.1 Å². The molecule has 2 aromatic carbocycles. The van der Waals surface area contributed by atoms with Gasteiger partial charge in [-0.25, -0.2) is 0 Å². The van der Waals surface area contributed by atoms with Crippen LogP contribution < -0.4 is 20.0 Å². The molecular weight excluding hydrogens is 420 g/mol. The van der Waals surface area contributed by atoms with Gasteiger partial charge in [0, 0.05) is 36.1 Å². The van der Waals surface area contributed by atoms with Crippen molar-refractivity contribution in [3.8, 4) is 11.5 Å². The number of nitrogens with zero attached hydrogens (tertiary/aromatic N) is 1. The molecule has 2 N–H and O–H groups in total. The summed E-state index contributed by atoms with van der Waals surface area (Å²) in [7, 11) is 12.8. The molecule has 0 amide bonds. The summed E-state index contributed by atoms with van der Waals surface area (Å²) in [6.45, 7) is 6.67. The molecule has 0 saturated carbocycles. The van der Waals surface area contributed by atoms with Gasteiger partial charge >= 0.3 is 0 Å². The van der Waals surface area contributed by atoms with Gasteiger partial charge in [-0.05, 0) is 59.8 Å². The van der Waals surface area contributed by atoms with Crippen molar-refractivity contribution in [3.05, 3.63) is 34.9 Å². The zero-order valence-corrected chi connectivity index (χ0v) is 19.6. The number of aromatic hydroxyl groups is 1. The molecule has 1 unspecified atom stereocenters. The van der Waals surface area contributed by atoms with Crippen LogP contribution in [0.25, 0.3) is 0 Å². The molecule has 8 heteroatoms. The second-order valence-corrected chi connectivity index (χ2v) is 9.67. The summed E-state index contributed by atoms with van der Waals surface area (Å²) in [6, 6.07) is 6.54. The number of aryl methyl sites for hydroxylation is 1. The normalized spacial score (nSPS) is 18.7. The number of fused-ring (bicyclic) bond motifs is 1. The van der Waals surface area contributed by atoms with Gasteiger partial charge in [0.15, 0.2) is 11.5 Å². The van der Waals surface area contributed by atoms with Crippen LogP contribution in [-0.4, -0.2) is 52.3 Å². The molecule has 166 valence electrons. The van der Waals surface area contributed by atoms with Crippen LogP contribution in [0.4, 0.5) is 5.69 Å². The number of anilines is 1. The molecule has 0 aromatic heterocycles. The molecule has 2 aliphatic heterocycles. The average molecular weight is 449 g/mol. The summed E-state index contributed by atoms with van der Waals surface area (Å²) >= 11 is 1.40. The van der Waals surface area contributed by atoms with Gasteiger partial charge in [0.05, 0.1) is 18.9 Å². The lowest BCUT2D eigenvalue weighted by Gasteiger charge is -2.26. The number of hydrogen-bond acceptors (Lipinski definition) is 6. The van der Waals surface area contributed by atoms with Gasteiger partial charge in [0.25, 0.3) is 0 Å². The van der Waals surface area contributed by atoms with E-state index in [1.54, 1.807) is 0 Å². The molecule has 4 radical (unpaired) electrons. The predicted octanol–water partition coefficient (Wildman–Crippen LogP) is 2.47. The first-order chi connectivity index (χ1) is 15.4. The molecule has 32 heavy (non-hydrogen) atoms. The maximum absolute atomic E-state index is 10.9. The number of phenols is 1. The lowest BCUT2D eigenvalue weighted by atomic mass is 9.82. The summed E-state index contributed by atoms with van der Waals surface area (Å²) in [4.78, 5) is 0.546. The third kappa shape index (κ3) is 4.50. The fourth-order valence-electron chi connectivity index (χ4n) is 4.39. The molecule has 2 heterocycles. The van der Waals surface area contributed by atoms with Crippen LogP contribution in [0.1, 0.15) is 49.3 Å². The maximum Gasteiger partial charge on any atom is 0.165 e. The smallest absolute Gasteiger partial charge is 0.165 e. The van der Waals surface area contributed by atoms with Gasteiger partial charge in [0.2, 0.25) is 0 Å². The number of rotatable bonds is 7. The second kappa shape index (κ2) is 10.0. The number of hydrogen-bond donors (Lipinski definition) is 2. The van der Waals surface area contributed by atoms with Crippen LogP contribution >= 0.6 is 11.9 Å². The van der Waals surface area contributed by atoms with E-state index in [4.69, 9.17) is 25.2 Å². The fourth-order valence-corrected chi connectivity index (χ4v) is 5.59. The minimum atomic E-state index is -0.344. The molecule has 2 aliphatic rings. The van der Waals surface area contributed by atoms with Crippen LogP contribution in [0, 0.1) is 5.92 Å². The monoisotopic (exact) mass is 449 g/mol. The molecule has 1 fully saturated rings. The highest BCUT2D eigenvalue weighted by Gasteiger charge is 2.29. The molecule has 0 aliphatic carbocycles. The van der Waals surface area contributed by atoms with Gasteiger partial charge in [-0.3, -0.25) is 0 Å². The van der Waals surface area contributed by atoms with Crippen molar-refractivity contribution in [1.29, 1.82) is 0 Å². The maximum atomic E-state index is 10.9. The van der Waals surface area contributed by atoms with Crippen molar-refractivity contribution in [2.24, 2.45) is 5.92 Å². The number of aliphatic hydroxyl groups excluding tert-OH is 1. The summed E-state index contributed by atoms with van der Waals surface area (Å²) in [5.41, 5.74) is 4.65. The van der Waals surface area contributed by atoms with Crippen molar-refractivity contribution >= 4 is 44.3 Å². The van der Waals surface area contributed by atoms with Crippen LogP contribution in [0.2, 0.25) is 0 Å². The minimum absolute atomic E-state index is 0.161. The predicted molar refractivity (Wildman–Crippen MR) is 131 cm³/mol. The second-order valence-electron chi connectivity index (χ2n) is 8.64. The van der Waals surface area contributed by atoms with Crippen molar-refractivity contribution < 1.29 is 19.7 Å². The van der Waals surface area contributed by atoms with E-state index in [0.717, 1.165) is 31.5 Å². The summed E-state index contributed by atoms with van der Waals surface area (Å²) in [5, 5.41) is 20.9. The minimum Gasteiger partial charge on any atom is -0.505 e.